The minimum atomic E-state index is -1.12. The first-order chi connectivity index (χ1) is 6.49. The van der Waals surface area contributed by atoms with E-state index in [2.05, 4.69) is 0 Å². The Bertz CT molecular complexity index is 208. The number of carboxylic acid groups (broad SMARTS) is 2. The maximum absolute atomic E-state index is 10.5. The Morgan fingerprint density at radius 3 is 2.14 bits per heavy atom. The second-order valence-corrected chi connectivity index (χ2v) is 3.13. The molecule has 2 atom stereocenters. The van der Waals surface area contributed by atoms with Crippen LogP contribution >= 0.6 is 0 Å². The number of carbonyl (C=O) groups is 2. The molecule has 0 aliphatic heterocycles. The van der Waals surface area contributed by atoms with Crippen molar-refractivity contribution in [3.8, 4) is 0 Å². The van der Waals surface area contributed by atoms with Crippen LogP contribution in [0.4, 0.5) is 0 Å². The van der Waals surface area contributed by atoms with Gasteiger partial charge < -0.3 is 21.7 Å². The standard InChI is InChI=1S/C8H16N2O4/c9-4-3-5(1-2-6(11)12)7(10)8(13)14/h5,7H,1-4,9-10H2,(H,11,12)(H,13,14). The second-order valence-electron chi connectivity index (χ2n) is 3.13. The molecule has 0 bridgehead atoms. The number of carboxylic acids is 2. The molecule has 6 N–H and O–H groups in total. The number of nitrogens with two attached hydrogens (primary N) is 2. The normalized spacial score (nSPS) is 14.7. The van der Waals surface area contributed by atoms with Gasteiger partial charge in [-0.05, 0) is 25.3 Å². The average molecular weight is 204 g/mol. The van der Waals surface area contributed by atoms with E-state index in [9.17, 15) is 9.59 Å². The van der Waals surface area contributed by atoms with Crippen LogP contribution in [0.25, 0.3) is 0 Å². The molecule has 0 rings (SSSR count). The van der Waals surface area contributed by atoms with Gasteiger partial charge in [-0.3, -0.25) is 9.59 Å². The van der Waals surface area contributed by atoms with Crippen molar-refractivity contribution >= 4 is 11.9 Å². The Morgan fingerprint density at radius 2 is 1.79 bits per heavy atom. The van der Waals surface area contributed by atoms with E-state index in [1.54, 1.807) is 0 Å². The Labute approximate surface area is 81.9 Å². The van der Waals surface area contributed by atoms with E-state index in [-0.39, 0.29) is 18.8 Å². The second kappa shape index (κ2) is 6.33. The summed E-state index contributed by atoms with van der Waals surface area (Å²) in [5.41, 5.74) is 10.7. The summed E-state index contributed by atoms with van der Waals surface area (Å²) in [6.45, 7) is 0.311. The zero-order valence-corrected chi connectivity index (χ0v) is 7.85. The van der Waals surface area contributed by atoms with E-state index in [0.717, 1.165) is 0 Å². The molecule has 6 nitrogen and oxygen atoms in total. The Kier molecular flexibility index (Phi) is 5.82. The van der Waals surface area contributed by atoms with Crippen LogP contribution in [0.2, 0.25) is 0 Å². The predicted octanol–water partition coefficient (Wildman–Crippen LogP) is -0.772. The van der Waals surface area contributed by atoms with Crippen LogP contribution < -0.4 is 11.5 Å². The molecule has 0 aliphatic rings. The summed E-state index contributed by atoms with van der Waals surface area (Å²) in [7, 11) is 0. The number of aliphatic carboxylic acids is 2. The first-order valence-electron chi connectivity index (χ1n) is 4.39. The van der Waals surface area contributed by atoms with Crippen molar-refractivity contribution in [2.45, 2.75) is 25.3 Å². The van der Waals surface area contributed by atoms with Crippen molar-refractivity contribution in [2.24, 2.45) is 17.4 Å². The zero-order chi connectivity index (χ0) is 11.1. The quantitative estimate of drug-likeness (QED) is 0.431. The molecule has 0 fully saturated rings. The van der Waals surface area contributed by atoms with Crippen LogP contribution in [0, 0.1) is 5.92 Å². The molecule has 0 amide bonds. The summed E-state index contributed by atoms with van der Waals surface area (Å²) in [5.74, 6) is -2.44. The number of hydrogen-bond donors (Lipinski definition) is 4. The molecule has 0 heterocycles. The maximum atomic E-state index is 10.5. The lowest BCUT2D eigenvalue weighted by atomic mass is 9.92. The lowest BCUT2D eigenvalue weighted by Crippen LogP contribution is -2.39. The average Bonchev–Trinajstić information content (AvgIpc) is 2.10. The van der Waals surface area contributed by atoms with Crippen LogP contribution in [-0.4, -0.2) is 34.7 Å². The highest BCUT2D eigenvalue weighted by molar-refractivity contribution is 5.73. The van der Waals surface area contributed by atoms with Crippen molar-refractivity contribution in [2.75, 3.05) is 6.54 Å². The van der Waals surface area contributed by atoms with Gasteiger partial charge >= 0.3 is 11.9 Å². The first kappa shape index (κ1) is 12.9. The predicted molar refractivity (Wildman–Crippen MR) is 49.6 cm³/mol. The zero-order valence-electron chi connectivity index (χ0n) is 7.85. The third-order valence-corrected chi connectivity index (χ3v) is 2.06. The van der Waals surface area contributed by atoms with Gasteiger partial charge in [-0.15, -0.1) is 0 Å². The molecule has 0 saturated carbocycles. The topological polar surface area (TPSA) is 127 Å². The van der Waals surface area contributed by atoms with Gasteiger partial charge in [-0.25, -0.2) is 0 Å². The molecule has 6 heteroatoms. The summed E-state index contributed by atoms with van der Waals surface area (Å²) >= 11 is 0. The molecule has 0 aromatic rings. The van der Waals surface area contributed by atoms with Gasteiger partial charge in [0.1, 0.15) is 6.04 Å². The van der Waals surface area contributed by atoms with Crippen molar-refractivity contribution in [3.05, 3.63) is 0 Å². The summed E-state index contributed by atoms with van der Waals surface area (Å²) in [5, 5.41) is 17.1. The Hall–Kier alpha value is -1.14. The van der Waals surface area contributed by atoms with Crippen molar-refractivity contribution in [1.29, 1.82) is 0 Å². The minimum Gasteiger partial charge on any atom is -0.481 e. The van der Waals surface area contributed by atoms with Crippen LogP contribution in [0.3, 0.4) is 0 Å². The van der Waals surface area contributed by atoms with E-state index in [1.807, 2.05) is 0 Å². The van der Waals surface area contributed by atoms with Crippen LogP contribution in [-0.2, 0) is 9.59 Å². The van der Waals surface area contributed by atoms with Crippen molar-refractivity contribution in [3.63, 3.8) is 0 Å². The molecule has 0 aromatic heterocycles. The Morgan fingerprint density at radius 1 is 1.21 bits per heavy atom. The highest BCUT2D eigenvalue weighted by Crippen LogP contribution is 2.14. The molecule has 0 spiro atoms. The molecule has 14 heavy (non-hydrogen) atoms. The molecule has 0 aliphatic carbocycles. The molecule has 2 unspecified atom stereocenters. The molecule has 82 valence electrons. The van der Waals surface area contributed by atoms with Crippen molar-refractivity contribution in [1.82, 2.24) is 0 Å². The molecular weight excluding hydrogens is 188 g/mol. The summed E-state index contributed by atoms with van der Waals surface area (Å²) in [6, 6.07) is -1.03. The van der Waals surface area contributed by atoms with Gasteiger partial charge in [0.25, 0.3) is 0 Å². The highest BCUT2D eigenvalue weighted by Gasteiger charge is 2.23. The van der Waals surface area contributed by atoms with Gasteiger partial charge in [-0.2, -0.15) is 0 Å². The van der Waals surface area contributed by atoms with Gasteiger partial charge in [0.15, 0.2) is 0 Å². The molecule has 0 aromatic carbocycles. The molecule has 0 radical (unpaired) electrons. The smallest absolute Gasteiger partial charge is 0.320 e. The fraction of sp³-hybridized carbons (Fsp3) is 0.750. The lowest BCUT2D eigenvalue weighted by Gasteiger charge is -2.18. The van der Waals surface area contributed by atoms with Gasteiger partial charge in [0, 0.05) is 6.42 Å². The van der Waals surface area contributed by atoms with Crippen LogP contribution in [0.15, 0.2) is 0 Å². The first-order valence-corrected chi connectivity index (χ1v) is 4.39. The summed E-state index contributed by atoms with van der Waals surface area (Å²) < 4.78 is 0. The van der Waals surface area contributed by atoms with E-state index in [0.29, 0.717) is 13.0 Å². The highest BCUT2D eigenvalue weighted by atomic mass is 16.4. The van der Waals surface area contributed by atoms with E-state index in [4.69, 9.17) is 21.7 Å². The van der Waals surface area contributed by atoms with Crippen LogP contribution in [0.1, 0.15) is 19.3 Å². The van der Waals surface area contributed by atoms with Gasteiger partial charge in [0.05, 0.1) is 0 Å². The number of hydrogen-bond acceptors (Lipinski definition) is 4. The summed E-state index contributed by atoms with van der Waals surface area (Å²) in [6.07, 6.45) is 0.604. The molecule has 0 saturated heterocycles. The summed E-state index contributed by atoms with van der Waals surface area (Å²) in [4.78, 5) is 20.8. The SMILES string of the molecule is NCCC(CCC(=O)O)C(N)C(=O)O. The number of rotatable bonds is 7. The van der Waals surface area contributed by atoms with Gasteiger partial charge in [-0.1, -0.05) is 0 Å². The monoisotopic (exact) mass is 204 g/mol. The van der Waals surface area contributed by atoms with E-state index < -0.39 is 18.0 Å². The third kappa shape index (κ3) is 4.78. The fourth-order valence-corrected chi connectivity index (χ4v) is 1.23. The van der Waals surface area contributed by atoms with E-state index >= 15 is 0 Å². The van der Waals surface area contributed by atoms with E-state index in [1.165, 1.54) is 0 Å². The van der Waals surface area contributed by atoms with Crippen molar-refractivity contribution < 1.29 is 19.8 Å². The van der Waals surface area contributed by atoms with Gasteiger partial charge in [0.2, 0.25) is 0 Å². The Balaban J connectivity index is 4.13. The largest absolute Gasteiger partial charge is 0.481 e. The molecular formula is C8H16N2O4. The maximum Gasteiger partial charge on any atom is 0.320 e. The van der Waals surface area contributed by atoms with Crippen LogP contribution in [0.5, 0.6) is 0 Å². The fourth-order valence-electron chi connectivity index (χ4n) is 1.23. The lowest BCUT2D eigenvalue weighted by molar-refractivity contribution is -0.141. The minimum absolute atomic E-state index is 0.0777. The third-order valence-electron chi connectivity index (χ3n) is 2.06.